The number of benzene rings is 1. The predicted molar refractivity (Wildman–Crippen MR) is 99.9 cm³/mol. The summed E-state index contributed by atoms with van der Waals surface area (Å²) in [5, 5.41) is 3.34. The molecule has 0 fully saturated rings. The molecular formula is C19H25F2N3O3. The first-order valence-electron chi connectivity index (χ1n) is 8.75. The minimum absolute atomic E-state index is 0.00944. The van der Waals surface area contributed by atoms with E-state index in [1.165, 1.54) is 26.4 Å². The highest BCUT2D eigenvalue weighted by molar-refractivity contribution is 5.72. The van der Waals surface area contributed by atoms with Gasteiger partial charge in [-0.1, -0.05) is 13.8 Å². The third-order valence-corrected chi connectivity index (χ3v) is 4.21. The van der Waals surface area contributed by atoms with E-state index in [0.29, 0.717) is 34.4 Å². The van der Waals surface area contributed by atoms with Gasteiger partial charge in [0.25, 0.3) is 5.88 Å². The molecule has 8 heteroatoms. The van der Waals surface area contributed by atoms with Gasteiger partial charge in [-0.3, -0.25) is 0 Å². The predicted octanol–water partition coefficient (Wildman–Crippen LogP) is 4.67. The Bertz CT molecular complexity index is 768. The number of hydrogen-bond donors (Lipinski definition) is 1. The lowest BCUT2D eigenvalue weighted by atomic mass is 10.1. The first kappa shape index (κ1) is 20.7. The lowest BCUT2D eigenvalue weighted by molar-refractivity contribution is -0.0499. The van der Waals surface area contributed by atoms with Crippen LogP contribution in [0.4, 0.5) is 14.6 Å². The van der Waals surface area contributed by atoms with Gasteiger partial charge in [0.2, 0.25) is 0 Å². The first-order chi connectivity index (χ1) is 12.9. The number of alkyl halides is 2. The van der Waals surface area contributed by atoms with Crippen LogP contribution in [0.3, 0.4) is 0 Å². The Morgan fingerprint density at radius 2 is 1.78 bits per heavy atom. The third-order valence-electron chi connectivity index (χ3n) is 4.21. The van der Waals surface area contributed by atoms with Crippen molar-refractivity contribution in [1.82, 2.24) is 9.97 Å². The minimum Gasteiger partial charge on any atom is -0.496 e. The second-order valence-corrected chi connectivity index (χ2v) is 5.91. The van der Waals surface area contributed by atoms with Crippen molar-refractivity contribution < 1.29 is 23.0 Å². The highest BCUT2D eigenvalue weighted by Crippen LogP contribution is 2.36. The molecule has 0 bridgehead atoms. The Kier molecular flexibility index (Phi) is 7.15. The van der Waals surface area contributed by atoms with Gasteiger partial charge >= 0.3 is 6.61 Å². The van der Waals surface area contributed by atoms with Gasteiger partial charge in [-0.05, 0) is 31.9 Å². The lowest BCUT2D eigenvalue weighted by Gasteiger charge is -2.19. The number of hydrogen-bond acceptors (Lipinski definition) is 6. The Morgan fingerprint density at radius 1 is 1.07 bits per heavy atom. The summed E-state index contributed by atoms with van der Waals surface area (Å²) in [7, 11) is 2.98. The number of nitrogens with zero attached hydrogens (tertiary/aromatic N) is 2. The SMILES string of the molecule is CCC(CC)Nc1nc(C)c(-c2ccc(OC(F)F)cc2OC)nc1OC. The molecule has 6 nitrogen and oxygen atoms in total. The van der Waals surface area contributed by atoms with E-state index >= 15 is 0 Å². The quantitative estimate of drug-likeness (QED) is 0.681. The van der Waals surface area contributed by atoms with Gasteiger partial charge in [0.05, 0.1) is 25.6 Å². The average molecular weight is 381 g/mol. The van der Waals surface area contributed by atoms with Crippen LogP contribution in [-0.2, 0) is 0 Å². The van der Waals surface area contributed by atoms with Crippen LogP contribution < -0.4 is 19.5 Å². The molecule has 148 valence electrons. The lowest BCUT2D eigenvalue weighted by Crippen LogP contribution is -2.19. The molecule has 1 heterocycles. The van der Waals surface area contributed by atoms with E-state index in [4.69, 9.17) is 9.47 Å². The molecule has 1 aromatic heterocycles. The zero-order valence-electron chi connectivity index (χ0n) is 16.2. The maximum atomic E-state index is 12.4. The first-order valence-corrected chi connectivity index (χ1v) is 8.75. The van der Waals surface area contributed by atoms with Crippen LogP contribution in [0.15, 0.2) is 18.2 Å². The van der Waals surface area contributed by atoms with Gasteiger partial charge in [0.1, 0.15) is 11.5 Å². The summed E-state index contributed by atoms with van der Waals surface area (Å²) >= 11 is 0. The molecule has 0 atom stereocenters. The molecule has 0 amide bonds. The van der Waals surface area contributed by atoms with Crippen molar-refractivity contribution in [3.63, 3.8) is 0 Å². The van der Waals surface area contributed by atoms with Gasteiger partial charge in [-0.25, -0.2) is 9.97 Å². The van der Waals surface area contributed by atoms with Crippen LogP contribution in [0.2, 0.25) is 0 Å². The summed E-state index contributed by atoms with van der Waals surface area (Å²) in [4.78, 5) is 9.16. The van der Waals surface area contributed by atoms with Crippen molar-refractivity contribution in [2.75, 3.05) is 19.5 Å². The van der Waals surface area contributed by atoms with E-state index in [-0.39, 0.29) is 11.8 Å². The van der Waals surface area contributed by atoms with Crippen molar-refractivity contribution in [1.29, 1.82) is 0 Å². The molecule has 0 spiro atoms. The molecule has 0 saturated carbocycles. The summed E-state index contributed by atoms with van der Waals surface area (Å²) in [6, 6.07) is 4.71. The molecular weight excluding hydrogens is 356 g/mol. The summed E-state index contributed by atoms with van der Waals surface area (Å²) in [5.74, 6) is 1.30. The van der Waals surface area contributed by atoms with E-state index in [2.05, 4.69) is 33.9 Å². The smallest absolute Gasteiger partial charge is 0.387 e. The molecule has 0 radical (unpaired) electrons. The van der Waals surface area contributed by atoms with Gasteiger partial charge in [-0.15, -0.1) is 0 Å². The molecule has 27 heavy (non-hydrogen) atoms. The summed E-state index contributed by atoms with van der Waals surface area (Å²) in [6.07, 6.45) is 1.89. The number of anilines is 1. The Labute approximate surface area is 157 Å². The minimum atomic E-state index is -2.90. The van der Waals surface area contributed by atoms with Crippen LogP contribution in [0.1, 0.15) is 32.4 Å². The van der Waals surface area contributed by atoms with Crippen molar-refractivity contribution in [3.8, 4) is 28.6 Å². The normalized spacial score (nSPS) is 11.0. The van der Waals surface area contributed by atoms with Crippen LogP contribution >= 0.6 is 0 Å². The fourth-order valence-corrected chi connectivity index (χ4v) is 2.72. The van der Waals surface area contributed by atoms with Gasteiger partial charge in [0, 0.05) is 17.7 Å². The van der Waals surface area contributed by atoms with Crippen molar-refractivity contribution >= 4 is 5.82 Å². The van der Waals surface area contributed by atoms with E-state index in [0.717, 1.165) is 12.8 Å². The third kappa shape index (κ3) is 4.96. The van der Waals surface area contributed by atoms with Crippen LogP contribution in [0.5, 0.6) is 17.4 Å². The molecule has 1 N–H and O–H groups in total. The Balaban J connectivity index is 2.46. The van der Waals surface area contributed by atoms with Crippen LogP contribution in [-0.4, -0.2) is 36.8 Å². The second kappa shape index (κ2) is 9.34. The van der Waals surface area contributed by atoms with E-state index in [1.54, 1.807) is 6.07 Å². The standard InChI is InChI=1S/C19H25F2N3O3/c1-6-12(7-2)23-17-18(26-5)24-16(11(3)22-17)14-9-8-13(27-19(20)21)10-15(14)25-4/h8-10,12,19H,6-7H2,1-5H3,(H,22,23). The van der Waals surface area contributed by atoms with E-state index in [9.17, 15) is 8.78 Å². The van der Waals surface area contributed by atoms with Crippen molar-refractivity contribution in [2.24, 2.45) is 0 Å². The zero-order chi connectivity index (χ0) is 20.0. The average Bonchev–Trinajstić information content (AvgIpc) is 2.65. The zero-order valence-corrected chi connectivity index (χ0v) is 16.2. The number of aryl methyl sites for hydroxylation is 1. The van der Waals surface area contributed by atoms with E-state index < -0.39 is 6.61 Å². The van der Waals surface area contributed by atoms with Gasteiger partial charge in [0.15, 0.2) is 5.82 Å². The molecule has 0 saturated heterocycles. The summed E-state index contributed by atoms with van der Waals surface area (Å²) in [5.41, 5.74) is 1.81. The maximum absolute atomic E-state index is 12.4. The number of nitrogens with one attached hydrogen (secondary N) is 1. The number of methoxy groups -OCH3 is 2. The molecule has 0 unspecified atom stereocenters. The molecule has 1 aromatic carbocycles. The monoisotopic (exact) mass is 381 g/mol. The summed E-state index contributed by atoms with van der Waals surface area (Å²) in [6.45, 7) is 3.10. The largest absolute Gasteiger partial charge is 0.496 e. The highest BCUT2D eigenvalue weighted by Gasteiger charge is 2.19. The Hall–Kier alpha value is -2.64. The molecule has 2 aromatic rings. The number of halogens is 2. The fraction of sp³-hybridized carbons (Fsp3) is 0.474. The second-order valence-electron chi connectivity index (χ2n) is 5.91. The van der Waals surface area contributed by atoms with Crippen LogP contribution in [0.25, 0.3) is 11.3 Å². The Morgan fingerprint density at radius 3 is 2.33 bits per heavy atom. The number of rotatable bonds is 9. The molecule has 0 aliphatic carbocycles. The van der Waals surface area contributed by atoms with Crippen molar-refractivity contribution in [3.05, 3.63) is 23.9 Å². The maximum Gasteiger partial charge on any atom is 0.387 e. The topological polar surface area (TPSA) is 65.5 Å². The summed E-state index contributed by atoms with van der Waals surface area (Å²) < 4.78 is 40.0. The highest BCUT2D eigenvalue weighted by atomic mass is 19.3. The number of aromatic nitrogens is 2. The van der Waals surface area contributed by atoms with Gasteiger partial charge < -0.3 is 19.5 Å². The van der Waals surface area contributed by atoms with E-state index in [1.807, 2.05) is 6.92 Å². The van der Waals surface area contributed by atoms with Gasteiger partial charge in [-0.2, -0.15) is 8.78 Å². The number of ether oxygens (including phenoxy) is 3. The van der Waals surface area contributed by atoms with Crippen molar-refractivity contribution in [2.45, 2.75) is 46.3 Å². The van der Waals surface area contributed by atoms with Crippen LogP contribution in [0, 0.1) is 6.92 Å². The fourth-order valence-electron chi connectivity index (χ4n) is 2.72. The molecule has 0 aliphatic heterocycles. The molecule has 2 rings (SSSR count). The molecule has 0 aliphatic rings.